The van der Waals surface area contributed by atoms with Crippen molar-refractivity contribution in [2.45, 2.75) is 0 Å². The van der Waals surface area contributed by atoms with Crippen molar-refractivity contribution in [3.8, 4) is 11.5 Å². The number of benzene rings is 1. The number of nitrogens with two attached hydrogens (primary N) is 1. The molecule has 0 aromatic heterocycles. The molecule has 72 valence electrons. The zero-order chi connectivity index (χ0) is 10.3. The van der Waals surface area contributed by atoms with Crippen molar-refractivity contribution in [1.82, 2.24) is 0 Å². The lowest BCUT2D eigenvalue weighted by Crippen LogP contribution is -1.92. The molecule has 0 aliphatic rings. The molecular formula is C9H13NO3. The van der Waals surface area contributed by atoms with Crippen molar-refractivity contribution in [2.75, 3.05) is 20.0 Å². The van der Waals surface area contributed by atoms with Gasteiger partial charge in [-0.3, -0.25) is 0 Å². The Kier molecular flexibility index (Phi) is 5.11. The fourth-order valence-corrected chi connectivity index (χ4v) is 0.839. The molecule has 2 N–H and O–H groups in total. The Morgan fingerprint density at radius 3 is 2.23 bits per heavy atom. The minimum atomic E-state index is 0.590. The Hall–Kier alpha value is -1.71. The van der Waals surface area contributed by atoms with Crippen LogP contribution in [0.4, 0.5) is 5.69 Å². The summed E-state index contributed by atoms with van der Waals surface area (Å²) >= 11 is 0. The predicted molar refractivity (Wildman–Crippen MR) is 51.1 cm³/mol. The molecule has 0 saturated heterocycles. The van der Waals surface area contributed by atoms with Gasteiger partial charge in [-0.05, 0) is 12.1 Å². The van der Waals surface area contributed by atoms with Gasteiger partial charge in [0.15, 0.2) is 0 Å². The number of rotatable bonds is 2. The fraction of sp³-hybridized carbons (Fsp3) is 0.222. The molecule has 1 rings (SSSR count). The van der Waals surface area contributed by atoms with Crippen LogP contribution < -0.4 is 15.2 Å². The van der Waals surface area contributed by atoms with Crippen molar-refractivity contribution in [3.05, 3.63) is 18.2 Å². The Morgan fingerprint density at radius 2 is 1.85 bits per heavy atom. The Labute approximate surface area is 77.3 Å². The second-order valence-electron chi connectivity index (χ2n) is 2.11. The molecule has 0 saturated carbocycles. The molecule has 13 heavy (non-hydrogen) atoms. The van der Waals surface area contributed by atoms with Crippen LogP contribution in [0.15, 0.2) is 18.2 Å². The summed E-state index contributed by atoms with van der Waals surface area (Å²) in [5.41, 5.74) is 6.19. The van der Waals surface area contributed by atoms with Crippen LogP contribution in [0.2, 0.25) is 0 Å². The zero-order valence-corrected chi connectivity index (χ0v) is 7.74. The van der Waals surface area contributed by atoms with E-state index >= 15 is 0 Å². The van der Waals surface area contributed by atoms with Crippen LogP contribution in [0, 0.1) is 0 Å². The summed E-state index contributed by atoms with van der Waals surface area (Å²) in [5.74, 6) is 1.41. The normalized spacial score (nSPS) is 8.15. The number of nitrogen functional groups attached to an aromatic ring is 1. The molecule has 0 spiro atoms. The molecule has 0 aliphatic carbocycles. The van der Waals surface area contributed by atoms with Crippen LogP contribution in [0.3, 0.4) is 0 Å². The van der Waals surface area contributed by atoms with Gasteiger partial charge in [0, 0.05) is 6.07 Å². The van der Waals surface area contributed by atoms with Crippen LogP contribution >= 0.6 is 0 Å². The number of methoxy groups -OCH3 is 2. The zero-order valence-electron chi connectivity index (χ0n) is 7.74. The molecule has 0 amide bonds. The van der Waals surface area contributed by atoms with E-state index in [1.54, 1.807) is 32.4 Å². The summed E-state index contributed by atoms with van der Waals surface area (Å²) in [6.07, 6.45) is 0. The smallest absolute Gasteiger partial charge is 0.142 e. The van der Waals surface area contributed by atoms with Crippen LogP contribution in [0.25, 0.3) is 0 Å². The van der Waals surface area contributed by atoms with E-state index in [9.17, 15) is 0 Å². The third-order valence-corrected chi connectivity index (χ3v) is 1.44. The number of ether oxygens (including phenoxy) is 2. The predicted octanol–water partition coefficient (Wildman–Crippen LogP) is 1.10. The second kappa shape index (κ2) is 5.88. The number of carbonyl (C=O) groups excluding carboxylic acids is 1. The highest BCUT2D eigenvalue weighted by Crippen LogP contribution is 2.25. The summed E-state index contributed by atoms with van der Waals surface area (Å²) in [4.78, 5) is 8.00. The van der Waals surface area contributed by atoms with Gasteiger partial charge in [0.1, 0.15) is 18.3 Å². The van der Waals surface area contributed by atoms with Gasteiger partial charge in [0.25, 0.3) is 0 Å². The number of hydrogen-bond acceptors (Lipinski definition) is 4. The SMILES string of the molecule is C=O.COc1ccc(OC)c(N)c1. The van der Waals surface area contributed by atoms with Crippen molar-refractivity contribution in [2.24, 2.45) is 0 Å². The molecule has 0 fully saturated rings. The van der Waals surface area contributed by atoms with Crippen molar-refractivity contribution < 1.29 is 14.3 Å². The molecule has 4 heteroatoms. The molecule has 0 aliphatic heterocycles. The quantitative estimate of drug-likeness (QED) is 0.697. The third-order valence-electron chi connectivity index (χ3n) is 1.44. The monoisotopic (exact) mass is 183 g/mol. The second-order valence-corrected chi connectivity index (χ2v) is 2.11. The van der Waals surface area contributed by atoms with E-state index in [-0.39, 0.29) is 0 Å². The Balaban J connectivity index is 0.000000671. The molecule has 0 heterocycles. The molecular weight excluding hydrogens is 170 g/mol. The lowest BCUT2D eigenvalue weighted by molar-refractivity contribution is -0.0979. The van der Waals surface area contributed by atoms with Gasteiger partial charge in [0.2, 0.25) is 0 Å². The summed E-state index contributed by atoms with van der Waals surface area (Å²) < 4.78 is 9.92. The number of hydrogen-bond donors (Lipinski definition) is 1. The van der Waals surface area contributed by atoms with Gasteiger partial charge in [-0.25, -0.2) is 0 Å². The van der Waals surface area contributed by atoms with E-state index in [1.165, 1.54) is 0 Å². The highest BCUT2D eigenvalue weighted by molar-refractivity contribution is 5.55. The van der Waals surface area contributed by atoms with E-state index in [2.05, 4.69) is 0 Å². The molecule has 0 radical (unpaired) electrons. The van der Waals surface area contributed by atoms with Crippen molar-refractivity contribution in [3.63, 3.8) is 0 Å². The highest BCUT2D eigenvalue weighted by Gasteiger charge is 1.98. The lowest BCUT2D eigenvalue weighted by atomic mass is 10.3. The van der Waals surface area contributed by atoms with Crippen molar-refractivity contribution in [1.29, 1.82) is 0 Å². The van der Waals surface area contributed by atoms with E-state index in [4.69, 9.17) is 20.0 Å². The lowest BCUT2D eigenvalue weighted by Gasteiger charge is -2.05. The third kappa shape index (κ3) is 3.02. The molecule has 0 atom stereocenters. The van der Waals surface area contributed by atoms with Gasteiger partial charge in [-0.1, -0.05) is 0 Å². The average molecular weight is 183 g/mol. The average Bonchev–Trinajstić information content (AvgIpc) is 2.20. The maximum Gasteiger partial charge on any atom is 0.142 e. The molecule has 0 unspecified atom stereocenters. The van der Waals surface area contributed by atoms with Crippen LogP contribution in [-0.4, -0.2) is 21.0 Å². The van der Waals surface area contributed by atoms with Crippen LogP contribution in [0.5, 0.6) is 11.5 Å². The first-order valence-electron chi connectivity index (χ1n) is 3.54. The topological polar surface area (TPSA) is 61.5 Å². The van der Waals surface area contributed by atoms with Gasteiger partial charge in [-0.2, -0.15) is 0 Å². The molecule has 0 bridgehead atoms. The maximum absolute atomic E-state index is 8.00. The number of carbonyl (C=O) groups is 1. The Bertz CT molecular complexity index is 263. The summed E-state index contributed by atoms with van der Waals surface area (Å²) in [5, 5.41) is 0. The minimum Gasteiger partial charge on any atom is -0.497 e. The van der Waals surface area contributed by atoms with Crippen molar-refractivity contribution >= 4 is 12.5 Å². The molecule has 1 aromatic carbocycles. The summed E-state index contributed by atoms with van der Waals surface area (Å²) in [6.45, 7) is 2.00. The van der Waals surface area contributed by atoms with Gasteiger partial charge in [-0.15, -0.1) is 0 Å². The first-order valence-corrected chi connectivity index (χ1v) is 3.54. The first kappa shape index (κ1) is 11.3. The van der Waals surface area contributed by atoms with E-state index in [0.29, 0.717) is 11.4 Å². The van der Waals surface area contributed by atoms with Gasteiger partial charge in [0.05, 0.1) is 19.9 Å². The minimum absolute atomic E-state index is 0.590. The van der Waals surface area contributed by atoms with E-state index in [1.807, 2.05) is 6.79 Å². The first-order chi connectivity index (χ1) is 6.27. The largest absolute Gasteiger partial charge is 0.497 e. The van der Waals surface area contributed by atoms with Gasteiger partial charge < -0.3 is 20.0 Å². The van der Waals surface area contributed by atoms with Gasteiger partial charge >= 0.3 is 0 Å². The molecule has 1 aromatic rings. The highest BCUT2D eigenvalue weighted by atomic mass is 16.5. The fourth-order valence-electron chi connectivity index (χ4n) is 0.839. The summed E-state index contributed by atoms with van der Waals surface area (Å²) in [7, 11) is 3.18. The van der Waals surface area contributed by atoms with E-state index in [0.717, 1.165) is 5.75 Å². The standard InChI is InChI=1S/C8H11NO2.CH2O/c1-10-6-3-4-8(11-2)7(9)5-6;1-2/h3-5H,9H2,1-2H3;1H2. The molecule has 4 nitrogen and oxygen atoms in total. The number of anilines is 1. The maximum atomic E-state index is 8.00. The summed E-state index contributed by atoms with van der Waals surface area (Å²) in [6, 6.07) is 5.29. The van der Waals surface area contributed by atoms with E-state index < -0.39 is 0 Å². The van der Waals surface area contributed by atoms with Crippen LogP contribution in [0.1, 0.15) is 0 Å². The van der Waals surface area contributed by atoms with Crippen LogP contribution in [-0.2, 0) is 4.79 Å². The Morgan fingerprint density at radius 1 is 1.23 bits per heavy atom.